The van der Waals surface area contributed by atoms with E-state index in [-0.39, 0.29) is 17.0 Å². The van der Waals surface area contributed by atoms with Crippen molar-refractivity contribution < 1.29 is 9.63 Å². The van der Waals surface area contributed by atoms with Gasteiger partial charge in [-0.25, -0.2) is 15.0 Å². The van der Waals surface area contributed by atoms with Crippen molar-refractivity contribution in [1.82, 2.24) is 35.0 Å². The SMILES string of the molecule is CC(=O)ON1C(C)(C)CC(CCCCNc2ncncn2)CC1(C)C.CCCCN(CCCC)c1nc(Cl)nc(N(CCCC)CCCC)n1. The van der Waals surface area contributed by atoms with E-state index in [0.717, 1.165) is 122 Å². The zero-order chi connectivity index (χ0) is 37.0. The summed E-state index contributed by atoms with van der Waals surface area (Å²) in [5, 5.41) is 5.42. The molecule has 1 fully saturated rings. The maximum atomic E-state index is 11.4. The number of hydroxylamine groups is 2. The summed E-state index contributed by atoms with van der Waals surface area (Å²) in [5.74, 6) is 2.48. The van der Waals surface area contributed by atoms with E-state index < -0.39 is 0 Å². The van der Waals surface area contributed by atoms with Crippen LogP contribution in [0.2, 0.25) is 5.28 Å². The zero-order valence-electron chi connectivity index (χ0n) is 32.7. The highest BCUT2D eigenvalue weighted by molar-refractivity contribution is 6.28. The van der Waals surface area contributed by atoms with Gasteiger partial charge in [-0.1, -0.05) is 66.2 Å². The Hall–Kier alpha value is -2.86. The van der Waals surface area contributed by atoms with Gasteiger partial charge in [0.2, 0.25) is 23.1 Å². The Morgan fingerprint density at radius 2 is 1.26 bits per heavy atom. The van der Waals surface area contributed by atoms with Crippen LogP contribution in [0, 0.1) is 5.92 Å². The Bertz CT molecular complexity index is 1150. The highest BCUT2D eigenvalue weighted by Gasteiger charge is 2.47. The standard InChI is InChI=1S/C19H36ClN5.C18H31N5O2/c1-5-9-13-24(14-10-6-2)18-21-17(20)22-19(23-18)25(15-11-7-3)16-12-8-4;1-14(24)25-23-17(2,3)10-15(11-18(23,4)5)8-6-7-9-20-16-21-12-19-13-22-16/h5-16H2,1-4H3;12-13,15H,6-11H2,1-5H3,(H,19,20,21,22). The molecule has 0 spiro atoms. The topological polar surface area (TPSA) is 125 Å². The Labute approximate surface area is 307 Å². The fourth-order valence-electron chi connectivity index (χ4n) is 6.77. The summed E-state index contributed by atoms with van der Waals surface area (Å²) in [6, 6.07) is 0. The molecule has 0 atom stereocenters. The van der Waals surface area contributed by atoms with Gasteiger partial charge < -0.3 is 20.0 Å². The van der Waals surface area contributed by atoms with Crippen molar-refractivity contribution >= 4 is 35.4 Å². The molecule has 0 aliphatic carbocycles. The maximum absolute atomic E-state index is 11.4. The van der Waals surface area contributed by atoms with Gasteiger partial charge in [0.25, 0.3) is 0 Å². The molecule has 50 heavy (non-hydrogen) atoms. The van der Waals surface area contributed by atoms with E-state index in [1.165, 1.54) is 26.0 Å². The van der Waals surface area contributed by atoms with E-state index in [9.17, 15) is 4.79 Å². The number of hydrogen-bond acceptors (Lipinski definition) is 12. The molecule has 0 unspecified atom stereocenters. The molecule has 0 bridgehead atoms. The van der Waals surface area contributed by atoms with E-state index in [4.69, 9.17) is 21.4 Å². The molecule has 1 aliphatic heterocycles. The van der Waals surface area contributed by atoms with Crippen molar-refractivity contribution in [2.24, 2.45) is 5.92 Å². The Kier molecular flexibility index (Phi) is 19.8. The first-order valence-electron chi connectivity index (χ1n) is 19.1. The summed E-state index contributed by atoms with van der Waals surface area (Å²) in [6.45, 7) is 23.7. The lowest BCUT2D eigenvalue weighted by Crippen LogP contribution is -2.60. The van der Waals surface area contributed by atoms with Crippen LogP contribution in [0.3, 0.4) is 0 Å². The van der Waals surface area contributed by atoms with Crippen LogP contribution in [0.25, 0.3) is 0 Å². The molecule has 1 saturated heterocycles. The van der Waals surface area contributed by atoms with Crippen molar-refractivity contribution in [3.63, 3.8) is 0 Å². The molecule has 12 nitrogen and oxygen atoms in total. The lowest BCUT2D eigenvalue weighted by Gasteiger charge is -2.53. The summed E-state index contributed by atoms with van der Waals surface area (Å²) in [5.41, 5.74) is -0.303. The molecule has 284 valence electrons. The van der Waals surface area contributed by atoms with E-state index >= 15 is 0 Å². The predicted octanol–water partition coefficient (Wildman–Crippen LogP) is 8.54. The Morgan fingerprint density at radius 3 is 1.68 bits per heavy atom. The zero-order valence-corrected chi connectivity index (χ0v) is 33.4. The second kappa shape index (κ2) is 22.9. The minimum atomic E-state index is -0.246. The van der Waals surface area contributed by atoms with Crippen LogP contribution < -0.4 is 15.1 Å². The number of hydrogen-bond donors (Lipinski definition) is 1. The smallest absolute Gasteiger partial charge is 0.322 e. The largest absolute Gasteiger partial charge is 0.367 e. The van der Waals surface area contributed by atoms with Crippen LogP contribution in [0.4, 0.5) is 17.8 Å². The molecule has 2 aromatic rings. The molecule has 0 saturated carbocycles. The fraction of sp³-hybridized carbons (Fsp3) is 0.811. The van der Waals surface area contributed by atoms with E-state index in [1.54, 1.807) is 0 Å². The number of aromatic nitrogens is 6. The van der Waals surface area contributed by atoms with Gasteiger partial charge in [0.05, 0.1) is 11.1 Å². The summed E-state index contributed by atoms with van der Waals surface area (Å²) >= 11 is 6.26. The number of anilines is 3. The van der Waals surface area contributed by atoms with Crippen LogP contribution in [0.15, 0.2) is 12.7 Å². The molecule has 0 amide bonds. The highest BCUT2D eigenvalue weighted by atomic mass is 35.5. The molecule has 1 N–H and O–H groups in total. The third-order valence-corrected chi connectivity index (χ3v) is 9.16. The van der Waals surface area contributed by atoms with Crippen LogP contribution >= 0.6 is 11.6 Å². The Balaban J connectivity index is 0.000000347. The molecule has 13 heteroatoms. The number of nitrogens with one attached hydrogen (secondary N) is 1. The third kappa shape index (κ3) is 15.6. The first kappa shape index (κ1) is 43.3. The molecule has 3 heterocycles. The first-order chi connectivity index (χ1) is 23.9. The van der Waals surface area contributed by atoms with Crippen LogP contribution in [0.1, 0.15) is 146 Å². The van der Waals surface area contributed by atoms with Gasteiger partial charge in [0.1, 0.15) is 12.7 Å². The fourth-order valence-corrected chi connectivity index (χ4v) is 6.92. The van der Waals surface area contributed by atoms with Crippen molar-refractivity contribution in [3.05, 3.63) is 17.9 Å². The molecule has 3 rings (SSSR count). The summed E-state index contributed by atoms with van der Waals surface area (Å²) in [6.07, 6.45) is 17.7. The lowest BCUT2D eigenvalue weighted by atomic mass is 9.73. The van der Waals surface area contributed by atoms with E-state index in [1.807, 2.05) is 5.06 Å². The van der Waals surface area contributed by atoms with Gasteiger partial charge in [0, 0.05) is 39.6 Å². The molecule has 2 aromatic heterocycles. The number of rotatable bonds is 21. The molecule has 0 aromatic carbocycles. The summed E-state index contributed by atoms with van der Waals surface area (Å²) in [7, 11) is 0. The first-order valence-corrected chi connectivity index (χ1v) is 19.5. The average Bonchev–Trinajstić information content (AvgIpc) is 3.06. The number of piperidine rings is 1. The second-order valence-electron chi connectivity index (χ2n) is 14.8. The van der Waals surface area contributed by atoms with Crippen molar-refractivity contribution in [2.75, 3.05) is 47.8 Å². The van der Waals surface area contributed by atoms with Crippen LogP contribution in [-0.2, 0) is 9.63 Å². The van der Waals surface area contributed by atoms with Crippen molar-refractivity contribution in [3.8, 4) is 0 Å². The highest BCUT2D eigenvalue weighted by Crippen LogP contribution is 2.43. The number of carbonyl (C=O) groups is 1. The monoisotopic (exact) mass is 719 g/mol. The minimum Gasteiger partial charge on any atom is -0.367 e. The predicted molar refractivity (Wildman–Crippen MR) is 206 cm³/mol. The van der Waals surface area contributed by atoms with Crippen molar-refractivity contribution in [1.29, 1.82) is 0 Å². The van der Waals surface area contributed by atoms with Gasteiger partial charge in [-0.3, -0.25) is 4.79 Å². The second-order valence-corrected chi connectivity index (χ2v) is 15.1. The maximum Gasteiger partial charge on any atom is 0.322 e. The Morgan fingerprint density at radius 1 is 0.800 bits per heavy atom. The molecular formula is C37H67ClN10O2. The normalized spacial score (nSPS) is 15.6. The number of carbonyl (C=O) groups excluding carboxylic acids is 1. The average molecular weight is 719 g/mol. The van der Waals surface area contributed by atoms with Gasteiger partial charge in [0.15, 0.2) is 0 Å². The number of unbranched alkanes of at least 4 members (excludes halogenated alkanes) is 5. The summed E-state index contributed by atoms with van der Waals surface area (Å²) in [4.78, 5) is 47.1. The number of halogens is 1. The lowest BCUT2D eigenvalue weighted by molar-refractivity contribution is -0.270. The van der Waals surface area contributed by atoms with E-state index in [2.05, 4.69) is 95.4 Å². The van der Waals surface area contributed by atoms with Gasteiger partial charge in [-0.05, 0) is 90.2 Å². The van der Waals surface area contributed by atoms with Crippen LogP contribution in [0.5, 0.6) is 0 Å². The molecule has 1 aliphatic rings. The third-order valence-electron chi connectivity index (χ3n) is 8.99. The summed E-state index contributed by atoms with van der Waals surface area (Å²) < 4.78 is 0. The molecule has 0 radical (unpaired) electrons. The minimum absolute atomic E-state index is 0.152. The quantitative estimate of drug-likeness (QED) is 0.124. The molecular weight excluding hydrogens is 652 g/mol. The van der Waals surface area contributed by atoms with Crippen molar-refractivity contribution in [2.45, 2.75) is 157 Å². The van der Waals surface area contributed by atoms with Gasteiger partial charge in [-0.2, -0.15) is 15.0 Å². The van der Waals surface area contributed by atoms with E-state index in [0.29, 0.717) is 17.1 Å². The number of nitrogens with zero attached hydrogens (tertiary/aromatic N) is 9. The van der Waals surface area contributed by atoms with Gasteiger partial charge in [-0.15, -0.1) is 5.06 Å². The van der Waals surface area contributed by atoms with Crippen LogP contribution in [-0.4, -0.2) is 84.7 Å². The van der Waals surface area contributed by atoms with Gasteiger partial charge >= 0.3 is 5.97 Å².